The Kier molecular flexibility index (Phi) is 2.47. The molecule has 0 aromatic heterocycles. The number of carbonyl (C=O) groups is 1. The van der Waals surface area contributed by atoms with E-state index < -0.39 is 5.60 Å². The van der Waals surface area contributed by atoms with Crippen LogP contribution in [0, 0.1) is 5.92 Å². The minimum Gasteiger partial charge on any atom is -0.454 e. The average Bonchev–Trinajstić information content (AvgIpc) is 2.65. The standard InChI is InChI=1S/C9H13ClO2/c1-6(10)9(2,3)12-8(11)7-4-5-7/h7H,1,4-5H2,2-3H3. The van der Waals surface area contributed by atoms with Gasteiger partial charge in [-0.25, -0.2) is 0 Å². The fourth-order valence-electron chi connectivity index (χ4n) is 0.709. The quantitative estimate of drug-likeness (QED) is 0.636. The van der Waals surface area contributed by atoms with Crippen molar-refractivity contribution in [2.75, 3.05) is 0 Å². The van der Waals surface area contributed by atoms with Crippen LogP contribution in [0.1, 0.15) is 26.7 Å². The van der Waals surface area contributed by atoms with Crippen LogP contribution >= 0.6 is 11.6 Å². The number of ether oxygens (including phenoxy) is 1. The molecular weight excluding hydrogens is 176 g/mol. The molecule has 2 nitrogen and oxygen atoms in total. The smallest absolute Gasteiger partial charge is 0.309 e. The van der Waals surface area contributed by atoms with Crippen molar-refractivity contribution in [3.8, 4) is 0 Å². The van der Waals surface area contributed by atoms with Crippen LogP contribution in [0.5, 0.6) is 0 Å². The van der Waals surface area contributed by atoms with Crippen molar-refractivity contribution in [3.05, 3.63) is 11.6 Å². The van der Waals surface area contributed by atoms with E-state index in [1.807, 2.05) is 0 Å². The molecule has 0 N–H and O–H groups in total. The lowest BCUT2D eigenvalue weighted by molar-refractivity contribution is -0.154. The third kappa shape index (κ3) is 2.24. The Morgan fingerprint density at radius 1 is 1.58 bits per heavy atom. The number of hydrogen-bond acceptors (Lipinski definition) is 2. The molecule has 1 aliphatic carbocycles. The van der Waals surface area contributed by atoms with Gasteiger partial charge in [0.25, 0.3) is 0 Å². The monoisotopic (exact) mass is 188 g/mol. The molecule has 0 unspecified atom stereocenters. The van der Waals surface area contributed by atoms with Crippen molar-refractivity contribution in [1.29, 1.82) is 0 Å². The molecule has 0 spiro atoms. The number of carbonyl (C=O) groups excluding carboxylic acids is 1. The van der Waals surface area contributed by atoms with Gasteiger partial charge in [0.15, 0.2) is 0 Å². The summed E-state index contributed by atoms with van der Waals surface area (Å²) in [5.41, 5.74) is -0.735. The molecule has 0 aliphatic heterocycles. The maximum absolute atomic E-state index is 11.2. The molecule has 3 heteroatoms. The predicted molar refractivity (Wildman–Crippen MR) is 47.9 cm³/mol. The first-order valence-corrected chi connectivity index (χ1v) is 4.39. The minimum atomic E-state index is -0.735. The largest absolute Gasteiger partial charge is 0.454 e. The molecule has 0 radical (unpaired) electrons. The van der Waals surface area contributed by atoms with Crippen molar-refractivity contribution in [2.45, 2.75) is 32.3 Å². The van der Waals surface area contributed by atoms with Crippen molar-refractivity contribution >= 4 is 17.6 Å². The maximum atomic E-state index is 11.2. The lowest BCUT2D eigenvalue weighted by Gasteiger charge is -2.23. The van der Waals surface area contributed by atoms with Gasteiger partial charge in [-0.05, 0) is 26.7 Å². The van der Waals surface area contributed by atoms with E-state index in [1.54, 1.807) is 13.8 Å². The third-order valence-corrected chi connectivity index (χ3v) is 2.37. The number of halogens is 1. The van der Waals surface area contributed by atoms with Gasteiger partial charge in [0.1, 0.15) is 5.60 Å². The van der Waals surface area contributed by atoms with Gasteiger partial charge in [-0.2, -0.15) is 0 Å². The SMILES string of the molecule is C=C(Cl)C(C)(C)OC(=O)C1CC1. The highest BCUT2D eigenvalue weighted by Gasteiger charge is 2.35. The van der Waals surface area contributed by atoms with Crippen molar-refractivity contribution in [2.24, 2.45) is 5.92 Å². The van der Waals surface area contributed by atoms with Crippen LogP contribution in [-0.2, 0) is 9.53 Å². The second-order valence-electron chi connectivity index (χ2n) is 3.61. The molecule has 1 rings (SSSR count). The van der Waals surface area contributed by atoms with E-state index >= 15 is 0 Å². The van der Waals surface area contributed by atoms with Crippen LogP contribution in [0.25, 0.3) is 0 Å². The van der Waals surface area contributed by atoms with Crippen molar-refractivity contribution in [1.82, 2.24) is 0 Å². The topological polar surface area (TPSA) is 26.3 Å². The summed E-state index contributed by atoms with van der Waals surface area (Å²) < 4.78 is 5.15. The molecule has 0 bridgehead atoms. The molecule has 0 aromatic rings. The third-order valence-electron chi connectivity index (χ3n) is 1.92. The lowest BCUT2D eigenvalue weighted by Crippen LogP contribution is -2.28. The molecule has 0 aromatic carbocycles. The van der Waals surface area contributed by atoms with E-state index in [2.05, 4.69) is 6.58 Å². The Labute approximate surface area is 77.5 Å². The molecule has 0 atom stereocenters. The first-order chi connectivity index (χ1) is 5.43. The van der Waals surface area contributed by atoms with Gasteiger partial charge in [0.2, 0.25) is 0 Å². The number of hydrogen-bond donors (Lipinski definition) is 0. The molecule has 1 saturated carbocycles. The highest BCUT2D eigenvalue weighted by Crippen LogP contribution is 2.33. The van der Waals surface area contributed by atoms with Gasteiger partial charge < -0.3 is 4.74 Å². The van der Waals surface area contributed by atoms with E-state index in [-0.39, 0.29) is 11.9 Å². The fraction of sp³-hybridized carbons (Fsp3) is 0.667. The summed E-state index contributed by atoms with van der Waals surface area (Å²) in [6, 6.07) is 0. The normalized spacial score (nSPS) is 17.2. The van der Waals surface area contributed by atoms with Crippen molar-refractivity contribution < 1.29 is 9.53 Å². The zero-order valence-electron chi connectivity index (χ0n) is 7.39. The highest BCUT2D eigenvalue weighted by atomic mass is 35.5. The summed E-state index contributed by atoms with van der Waals surface area (Å²) in [4.78, 5) is 11.2. The molecule has 12 heavy (non-hydrogen) atoms. The summed E-state index contributed by atoms with van der Waals surface area (Å²) in [5, 5.41) is 0.358. The molecule has 1 aliphatic rings. The molecule has 0 heterocycles. The summed E-state index contributed by atoms with van der Waals surface area (Å²) in [7, 11) is 0. The van der Waals surface area contributed by atoms with Crippen LogP contribution in [0.15, 0.2) is 11.6 Å². The highest BCUT2D eigenvalue weighted by molar-refractivity contribution is 6.30. The van der Waals surface area contributed by atoms with E-state index in [0.717, 1.165) is 12.8 Å². The van der Waals surface area contributed by atoms with Crippen LogP contribution in [0.3, 0.4) is 0 Å². The number of rotatable bonds is 3. The summed E-state index contributed by atoms with van der Waals surface area (Å²) >= 11 is 5.67. The number of esters is 1. The van der Waals surface area contributed by atoms with Gasteiger partial charge in [0, 0.05) is 0 Å². The first kappa shape index (κ1) is 9.59. The van der Waals surface area contributed by atoms with Gasteiger partial charge in [-0.15, -0.1) is 0 Å². The van der Waals surface area contributed by atoms with Gasteiger partial charge in [0.05, 0.1) is 11.0 Å². The van der Waals surface area contributed by atoms with Crippen LogP contribution in [-0.4, -0.2) is 11.6 Å². The molecule has 0 saturated heterocycles. The lowest BCUT2D eigenvalue weighted by atomic mass is 10.1. The Hall–Kier alpha value is -0.500. The maximum Gasteiger partial charge on any atom is 0.309 e. The second kappa shape index (κ2) is 3.09. The van der Waals surface area contributed by atoms with Crippen LogP contribution in [0.4, 0.5) is 0 Å². The summed E-state index contributed by atoms with van der Waals surface area (Å²) in [5.74, 6) is -0.0397. The van der Waals surface area contributed by atoms with Crippen LogP contribution in [0.2, 0.25) is 0 Å². The zero-order chi connectivity index (χ0) is 9.35. The first-order valence-electron chi connectivity index (χ1n) is 4.01. The van der Waals surface area contributed by atoms with Gasteiger partial charge >= 0.3 is 5.97 Å². The van der Waals surface area contributed by atoms with E-state index in [1.165, 1.54) is 0 Å². The Bertz CT molecular complexity index is 217. The van der Waals surface area contributed by atoms with Gasteiger partial charge in [-0.3, -0.25) is 4.79 Å². The van der Waals surface area contributed by atoms with E-state index in [0.29, 0.717) is 5.03 Å². The average molecular weight is 189 g/mol. The fourth-order valence-corrected chi connectivity index (χ4v) is 0.748. The predicted octanol–water partition coefficient (Wildman–Crippen LogP) is 2.47. The Morgan fingerprint density at radius 2 is 2.08 bits per heavy atom. The Morgan fingerprint density at radius 3 is 2.42 bits per heavy atom. The summed E-state index contributed by atoms with van der Waals surface area (Å²) in [6.07, 6.45) is 1.90. The minimum absolute atomic E-state index is 0.111. The second-order valence-corrected chi connectivity index (χ2v) is 4.07. The molecule has 1 fully saturated rings. The van der Waals surface area contributed by atoms with Crippen LogP contribution < -0.4 is 0 Å². The molecule has 0 amide bonds. The van der Waals surface area contributed by atoms with Crippen molar-refractivity contribution in [3.63, 3.8) is 0 Å². The van der Waals surface area contributed by atoms with E-state index in [9.17, 15) is 4.79 Å². The molecule has 68 valence electrons. The zero-order valence-corrected chi connectivity index (χ0v) is 8.15. The Balaban J connectivity index is 2.47. The summed E-state index contributed by atoms with van der Waals surface area (Å²) in [6.45, 7) is 7.03. The van der Waals surface area contributed by atoms with Gasteiger partial charge in [-0.1, -0.05) is 18.2 Å². The van der Waals surface area contributed by atoms with E-state index in [4.69, 9.17) is 16.3 Å². The molecular formula is C9H13ClO2.